The van der Waals surface area contributed by atoms with Gasteiger partial charge in [0.15, 0.2) is 5.78 Å². The Labute approximate surface area is 209 Å². The Kier molecular flexibility index (Phi) is 5.53. The van der Waals surface area contributed by atoms with Crippen molar-refractivity contribution in [2.24, 2.45) is 0 Å². The number of Topliss-reactive ketones (excluding diaryl/α,β-unsaturated/α-hetero) is 1. The van der Waals surface area contributed by atoms with E-state index in [9.17, 15) is 9.59 Å². The molecule has 0 atom stereocenters. The molecule has 180 valence electrons. The molecule has 3 aliphatic heterocycles. The number of carbonyl (C=O) groups excluding carboxylic acids is 2. The van der Waals surface area contributed by atoms with Crippen LogP contribution in [0.5, 0.6) is 5.75 Å². The SMILES string of the molecule is CCN1CCc2nc3ccccc3c(C(=O)N3CCC4(CC3)CC(=O)c3cc(Cl)ccc3O4)c2C1. The van der Waals surface area contributed by atoms with Crippen molar-refractivity contribution in [2.75, 3.05) is 26.2 Å². The van der Waals surface area contributed by atoms with Crippen LogP contribution in [0.4, 0.5) is 0 Å². The molecule has 1 amide bonds. The van der Waals surface area contributed by atoms with E-state index in [1.807, 2.05) is 29.2 Å². The fourth-order valence-corrected chi connectivity index (χ4v) is 5.95. The molecule has 1 aromatic heterocycles. The number of fused-ring (bicyclic) bond motifs is 3. The van der Waals surface area contributed by atoms with Crippen molar-refractivity contribution in [3.05, 3.63) is 69.9 Å². The second-order valence-electron chi connectivity index (χ2n) is 9.87. The van der Waals surface area contributed by atoms with Gasteiger partial charge < -0.3 is 9.64 Å². The van der Waals surface area contributed by atoms with Crippen molar-refractivity contribution >= 4 is 34.2 Å². The van der Waals surface area contributed by atoms with Gasteiger partial charge in [0.05, 0.1) is 23.1 Å². The molecule has 1 spiro atoms. The number of likely N-dealkylation sites (tertiary alicyclic amines) is 1. The monoisotopic (exact) mass is 489 g/mol. The normalized spacial score (nSPS) is 19.4. The Hall–Kier alpha value is -2.96. The standard InChI is InChI=1S/C28H28ClN3O3/c1-2-31-12-9-23-21(17-31)26(19-5-3-4-6-22(19)30-23)27(34)32-13-10-28(11-14-32)16-24(33)20-15-18(29)7-8-25(20)35-28/h3-8,15H,2,9-14,16-17H2,1H3. The number of carbonyl (C=O) groups is 2. The molecule has 3 aromatic rings. The van der Waals surface area contributed by atoms with Gasteiger partial charge in [-0.15, -0.1) is 0 Å². The lowest BCUT2D eigenvalue weighted by Crippen LogP contribution is -2.52. The fourth-order valence-electron chi connectivity index (χ4n) is 5.78. The van der Waals surface area contributed by atoms with Gasteiger partial charge >= 0.3 is 0 Å². The van der Waals surface area contributed by atoms with Gasteiger partial charge in [-0.25, -0.2) is 0 Å². The molecule has 0 aliphatic carbocycles. The van der Waals surface area contributed by atoms with Crippen molar-refractivity contribution in [1.29, 1.82) is 0 Å². The summed E-state index contributed by atoms with van der Waals surface area (Å²) in [7, 11) is 0. The van der Waals surface area contributed by atoms with Crippen molar-refractivity contribution in [2.45, 2.75) is 44.8 Å². The minimum Gasteiger partial charge on any atom is -0.486 e. The number of nitrogens with zero attached hydrogens (tertiary/aromatic N) is 3. The van der Waals surface area contributed by atoms with Gasteiger partial charge in [-0.05, 0) is 30.8 Å². The molecule has 1 fully saturated rings. The van der Waals surface area contributed by atoms with E-state index in [-0.39, 0.29) is 11.7 Å². The number of amides is 1. The highest BCUT2D eigenvalue weighted by Crippen LogP contribution is 2.41. The minimum atomic E-state index is -0.562. The molecule has 1 saturated heterocycles. The number of benzene rings is 2. The first kappa shape index (κ1) is 22.5. The highest BCUT2D eigenvalue weighted by atomic mass is 35.5. The summed E-state index contributed by atoms with van der Waals surface area (Å²) in [5.74, 6) is 0.712. The summed E-state index contributed by atoms with van der Waals surface area (Å²) in [4.78, 5) is 36.1. The first-order chi connectivity index (χ1) is 17.0. The number of halogens is 1. The van der Waals surface area contributed by atoms with E-state index in [0.717, 1.165) is 53.8 Å². The number of ether oxygens (including phenoxy) is 1. The Bertz CT molecular complexity index is 1350. The largest absolute Gasteiger partial charge is 0.486 e. The van der Waals surface area contributed by atoms with Gasteiger partial charge in [-0.2, -0.15) is 0 Å². The highest BCUT2D eigenvalue weighted by molar-refractivity contribution is 6.31. The van der Waals surface area contributed by atoms with Crippen molar-refractivity contribution in [3.8, 4) is 5.75 Å². The number of para-hydroxylation sites is 1. The number of hydrogen-bond acceptors (Lipinski definition) is 5. The number of ketones is 1. The molecule has 4 heterocycles. The molecule has 0 bridgehead atoms. The van der Waals surface area contributed by atoms with E-state index < -0.39 is 5.60 Å². The highest BCUT2D eigenvalue weighted by Gasteiger charge is 2.44. The van der Waals surface area contributed by atoms with E-state index in [1.54, 1.807) is 18.2 Å². The molecule has 0 radical (unpaired) electrons. The second kappa shape index (κ2) is 8.61. The second-order valence-corrected chi connectivity index (χ2v) is 10.3. The third-order valence-electron chi connectivity index (χ3n) is 7.80. The zero-order chi connectivity index (χ0) is 24.2. The van der Waals surface area contributed by atoms with Gasteiger partial charge in [0.2, 0.25) is 0 Å². The molecule has 3 aliphatic rings. The number of piperidine rings is 1. The van der Waals surface area contributed by atoms with Crippen molar-refractivity contribution in [1.82, 2.24) is 14.8 Å². The zero-order valence-corrected chi connectivity index (χ0v) is 20.6. The van der Waals surface area contributed by atoms with Crippen LogP contribution in [-0.2, 0) is 13.0 Å². The predicted octanol–water partition coefficient (Wildman–Crippen LogP) is 4.91. The number of pyridine rings is 1. The van der Waals surface area contributed by atoms with Crippen LogP contribution in [0.1, 0.15) is 58.2 Å². The maximum absolute atomic E-state index is 14.0. The molecule has 6 rings (SSSR count). The number of rotatable bonds is 2. The Morgan fingerprint density at radius 2 is 1.94 bits per heavy atom. The van der Waals surface area contributed by atoms with Gasteiger partial charge in [-0.1, -0.05) is 36.7 Å². The maximum atomic E-state index is 14.0. The summed E-state index contributed by atoms with van der Waals surface area (Å²) >= 11 is 6.08. The molecular weight excluding hydrogens is 462 g/mol. The summed E-state index contributed by atoms with van der Waals surface area (Å²) in [6.07, 6.45) is 2.43. The molecule has 0 N–H and O–H groups in total. The Balaban J connectivity index is 1.29. The topological polar surface area (TPSA) is 62.7 Å². The lowest BCUT2D eigenvalue weighted by molar-refractivity contribution is -0.00571. The summed E-state index contributed by atoms with van der Waals surface area (Å²) in [6, 6.07) is 13.2. The van der Waals surface area contributed by atoms with Crippen LogP contribution in [-0.4, -0.2) is 58.3 Å². The van der Waals surface area contributed by atoms with Gasteiger partial charge in [0.25, 0.3) is 5.91 Å². The number of likely N-dealkylation sites (N-methyl/N-ethyl adjacent to an activating group) is 1. The molecule has 35 heavy (non-hydrogen) atoms. The van der Waals surface area contributed by atoms with Crippen molar-refractivity contribution in [3.63, 3.8) is 0 Å². The molecule has 0 saturated carbocycles. The van der Waals surface area contributed by atoms with Gasteiger partial charge in [0.1, 0.15) is 11.4 Å². The first-order valence-corrected chi connectivity index (χ1v) is 12.8. The first-order valence-electron chi connectivity index (χ1n) is 12.4. The molecule has 0 unspecified atom stereocenters. The molecule has 6 nitrogen and oxygen atoms in total. The number of aromatic nitrogens is 1. The van der Waals surface area contributed by atoms with Gasteiger partial charge in [0, 0.05) is 67.1 Å². The van der Waals surface area contributed by atoms with Crippen LogP contribution < -0.4 is 4.74 Å². The lowest BCUT2D eigenvalue weighted by Gasteiger charge is -2.44. The quantitative estimate of drug-likeness (QED) is 0.512. The summed E-state index contributed by atoms with van der Waals surface area (Å²) < 4.78 is 6.37. The van der Waals surface area contributed by atoms with Crippen LogP contribution in [0.25, 0.3) is 10.9 Å². The average Bonchev–Trinajstić information content (AvgIpc) is 2.87. The van der Waals surface area contributed by atoms with E-state index in [0.29, 0.717) is 48.7 Å². The van der Waals surface area contributed by atoms with Crippen LogP contribution in [0.15, 0.2) is 42.5 Å². The zero-order valence-electron chi connectivity index (χ0n) is 19.8. The molecular formula is C28H28ClN3O3. The third kappa shape index (κ3) is 3.89. The molecule has 7 heteroatoms. The summed E-state index contributed by atoms with van der Waals surface area (Å²) in [5.41, 5.74) is 3.77. The van der Waals surface area contributed by atoms with E-state index in [2.05, 4.69) is 11.8 Å². The smallest absolute Gasteiger partial charge is 0.254 e. The van der Waals surface area contributed by atoms with E-state index >= 15 is 0 Å². The minimum absolute atomic E-state index is 0.0574. The molecule has 2 aromatic carbocycles. The maximum Gasteiger partial charge on any atom is 0.254 e. The van der Waals surface area contributed by atoms with Gasteiger partial charge in [-0.3, -0.25) is 19.5 Å². The van der Waals surface area contributed by atoms with Crippen LogP contribution >= 0.6 is 11.6 Å². The van der Waals surface area contributed by atoms with Crippen LogP contribution in [0.3, 0.4) is 0 Å². The van der Waals surface area contributed by atoms with Crippen LogP contribution in [0, 0.1) is 0 Å². The number of hydrogen-bond donors (Lipinski definition) is 0. The average molecular weight is 490 g/mol. The predicted molar refractivity (Wildman–Crippen MR) is 135 cm³/mol. The lowest BCUT2D eigenvalue weighted by atomic mass is 9.82. The fraction of sp³-hybridized carbons (Fsp3) is 0.393. The van der Waals surface area contributed by atoms with Crippen molar-refractivity contribution < 1.29 is 14.3 Å². The summed E-state index contributed by atoms with van der Waals surface area (Å²) in [6.45, 7) is 5.93. The van der Waals surface area contributed by atoms with Crippen LogP contribution in [0.2, 0.25) is 5.02 Å². The summed E-state index contributed by atoms with van der Waals surface area (Å²) in [5, 5.41) is 1.45. The van der Waals surface area contributed by atoms with E-state index in [1.165, 1.54) is 0 Å². The van der Waals surface area contributed by atoms with E-state index in [4.69, 9.17) is 21.3 Å². The third-order valence-corrected chi connectivity index (χ3v) is 8.03. The Morgan fingerprint density at radius 1 is 1.14 bits per heavy atom. The Morgan fingerprint density at radius 3 is 2.74 bits per heavy atom.